The Labute approximate surface area is 618 Å². The number of benzene rings is 8. The number of fused-ring (bicyclic) bond motifs is 4. The summed E-state index contributed by atoms with van der Waals surface area (Å²) < 4.78 is -1.80. The maximum absolute atomic E-state index is 12.2. The van der Waals surface area contributed by atoms with Gasteiger partial charge in [-0.1, -0.05) is 0 Å². The van der Waals surface area contributed by atoms with E-state index in [9.17, 15) is 34.1 Å². The molecule has 8 aliphatic rings. The molecule has 102 heavy (non-hydrogen) atoms. The fourth-order valence-corrected chi connectivity index (χ4v) is 525. The van der Waals surface area contributed by atoms with Crippen LogP contribution in [0.5, 0.6) is 0 Å². The number of hydrogen-bond acceptors (Lipinski definition) is 0. The molecule has 0 amide bonds. The Morgan fingerprint density at radius 3 is 0.667 bits per heavy atom. The van der Waals surface area contributed by atoms with Crippen LogP contribution in [0, 0.1) is 21.7 Å². The van der Waals surface area contributed by atoms with Gasteiger partial charge in [-0.05, 0) is 0 Å². The zero-order valence-electron chi connectivity index (χ0n) is 62.3. The van der Waals surface area contributed by atoms with Gasteiger partial charge >= 0.3 is 625 Å². The predicted molar refractivity (Wildman–Crippen MR) is 446 cm³/mol. The standard InChI is InChI=1S/2C23H25.2C22H23.2C2H7Si.4ClH.2Zr/c2*1-23(13-6-3-7-14-23)17-18-15-20-11-8-12-21(22(20)16-18)19-9-4-2-5-10-19;2*1-22(12-5-6-13-22)16-17-14-19-10-7-11-20(21(19)15-17)18-8-3-2-4-9-18;2*1-3-2;;;;;;/h2*2,4-5,8-12,15-16H,3,6-7,13-14,17H2,1H3;2*2-4,7-11,14-15H,5-6,12-13,16H2,1H3;2*3H,1-2H3;4*1H;;/q;;;;;;;;;;2*+2/p-4. The van der Waals surface area contributed by atoms with E-state index in [0.29, 0.717) is 0 Å². The van der Waals surface area contributed by atoms with E-state index < -0.39 is 44.9 Å². The first-order valence-electron chi connectivity index (χ1n) is 39.9. The third-order valence-corrected chi connectivity index (χ3v) is 445. The molecule has 8 heteroatoms. The van der Waals surface area contributed by atoms with Crippen molar-refractivity contribution in [3.8, 4) is 44.5 Å². The van der Waals surface area contributed by atoms with Gasteiger partial charge in [-0.3, -0.25) is 0 Å². The van der Waals surface area contributed by atoms with Crippen LogP contribution in [0.4, 0.5) is 0 Å². The molecule has 4 fully saturated rings. The van der Waals surface area contributed by atoms with E-state index in [-0.39, 0.29) is 21.7 Å². The van der Waals surface area contributed by atoms with Crippen molar-refractivity contribution in [2.24, 2.45) is 21.7 Å². The summed E-state index contributed by atoms with van der Waals surface area (Å²) in [6, 6.07) is 75.0. The zero-order chi connectivity index (χ0) is 70.8. The van der Waals surface area contributed by atoms with Crippen LogP contribution < -0.4 is 0 Å². The van der Waals surface area contributed by atoms with Crippen LogP contribution >= 0.6 is 34.1 Å². The van der Waals surface area contributed by atoms with Gasteiger partial charge in [0.1, 0.15) is 0 Å². The molecular weight excluding hydrogens is 1510 g/mol. The van der Waals surface area contributed by atoms with Crippen LogP contribution in [0.3, 0.4) is 0 Å². The summed E-state index contributed by atoms with van der Waals surface area (Å²) in [7, 11) is 32.1. The van der Waals surface area contributed by atoms with Crippen LogP contribution in [-0.2, 0) is 18.6 Å². The van der Waals surface area contributed by atoms with Crippen LogP contribution in [0.15, 0.2) is 216 Å². The summed E-state index contributed by atoms with van der Waals surface area (Å²) >= 11 is 0. The van der Waals surface area contributed by atoms with E-state index in [1.165, 1.54) is 176 Å². The van der Waals surface area contributed by atoms with Gasteiger partial charge < -0.3 is 0 Å². The predicted octanol–water partition coefficient (Wildman–Crippen LogP) is 29.8. The Hall–Kier alpha value is -3.92. The van der Waals surface area contributed by atoms with Crippen LogP contribution in [0.2, 0.25) is 26.2 Å². The summed E-state index contributed by atoms with van der Waals surface area (Å²) in [4.78, 5) is 0. The Balaban J connectivity index is 1.18. The van der Waals surface area contributed by atoms with E-state index in [1.54, 1.807) is 0 Å². The molecule has 530 valence electrons. The summed E-state index contributed by atoms with van der Waals surface area (Å²) in [5, 5.41) is 0. The quantitative estimate of drug-likeness (QED) is 0.0708. The summed E-state index contributed by atoms with van der Waals surface area (Å²) in [6.45, 7) is 21.5. The molecule has 0 N–H and O–H groups in total. The van der Waals surface area contributed by atoms with Gasteiger partial charge in [0.05, 0.1) is 0 Å². The molecule has 4 unspecified atom stereocenters. The first-order valence-corrected chi connectivity index (χ1v) is 81.1. The Morgan fingerprint density at radius 2 is 0.471 bits per heavy atom. The van der Waals surface area contributed by atoms with Crippen molar-refractivity contribution >= 4 is 70.2 Å². The zero-order valence-corrected chi connectivity index (χ0v) is 72.6. The monoisotopic (exact) mass is 1610 g/mol. The Kier molecular flexibility index (Phi) is 18.3. The van der Waals surface area contributed by atoms with Gasteiger partial charge in [0.15, 0.2) is 0 Å². The average molecular weight is 1620 g/mol. The third kappa shape index (κ3) is 10.3. The Morgan fingerprint density at radius 1 is 0.275 bits per heavy atom. The first-order chi connectivity index (χ1) is 48.9. The van der Waals surface area contributed by atoms with E-state index in [4.69, 9.17) is 0 Å². The van der Waals surface area contributed by atoms with Gasteiger partial charge in [0, 0.05) is 0 Å². The Bertz CT molecular complexity index is 4450. The van der Waals surface area contributed by atoms with Gasteiger partial charge in [-0.15, -0.1) is 0 Å². The molecule has 0 aromatic heterocycles. The fraction of sp³-hybridized carbons (Fsp3) is 0.404. The van der Waals surface area contributed by atoms with Gasteiger partial charge in [0.25, 0.3) is 0 Å². The number of rotatable bonds is 19. The molecule has 8 aromatic carbocycles. The second-order valence-corrected chi connectivity index (χ2v) is 211. The molecule has 0 heterocycles. The molecule has 8 aromatic rings. The van der Waals surface area contributed by atoms with E-state index in [1.807, 2.05) is 0 Å². The van der Waals surface area contributed by atoms with Crippen molar-refractivity contribution in [2.75, 3.05) is 0 Å². The SMILES string of the molecule is C[SiH](C)[Zr]([Cl])([Cl])([CH]1C(CC2(C)CCCCC2)=Cc2c(-c3ccccc3)cccc21)([CH]1C(CC2(C)CCCCC2)=Cc2c(-c3ccccc3)cccc21)[Zr]([Cl])([Cl])([CH]1C(CC2(C)CCCC2)=Cc2c(-c3ccccc3)cccc21)([CH]1C(CC2(C)CCCC2)=Cc2c(-c3ccccc3)cccc21)[SiH](C)C. The first kappa shape index (κ1) is 72.3. The molecule has 8 aliphatic carbocycles. The van der Waals surface area contributed by atoms with Crippen LogP contribution in [-0.4, -0.2) is 11.8 Å². The second-order valence-electron chi connectivity index (χ2n) is 36.8. The van der Waals surface area contributed by atoms with Crippen molar-refractivity contribution in [3.05, 3.63) is 261 Å². The third-order valence-electron chi connectivity index (χ3n) is 30.3. The molecule has 0 nitrogen and oxygen atoms in total. The van der Waals surface area contributed by atoms with Crippen molar-refractivity contribution in [1.29, 1.82) is 0 Å². The van der Waals surface area contributed by atoms with Gasteiger partial charge in [-0.25, -0.2) is 0 Å². The molecule has 0 saturated heterocycles. The minimum atomic E-state index is -8.25. The van der Waals surface area contributed by atoms with Crippen molar-refractivity contribution < 1.29 is 18.6 Å². The van der Waals surface area contributed by atoms with Crippen LogP contribution in [0.1, 0.15) is 228 Å². The molecule has 16 rings (SSSR count). The van der Waals surface area contributed by atoms with Crippen molar-refractivity contribution in [3.63, 3.8) is 0 Å². The molecule has 0 radical (unpaired) electrons. The summed E-state index contributed by atoms with van der Waals surface area (Å²) in [5.41, 5.74) is 26.1. The maximum atomic E-state index is 12.2. The van der Waals surface area contributed by atoms with E-state index in [2.05, 4.69) is 272 Å². The topological polar surface area (TPSA) is 0 Å². The molecule has 0 aliphatic heterocycles. The van der Waals surface area contributed by atoms with Gasteiger partial charge in [-0.2, -0.15) is 0 Å². The number of halogens is 4. The van der Waals surface area contributed by atoms with Gasteiger partial charge in [0.2, 0.25) is 0 Å². The molecule has 0 spiro atoms. The second kappa shape index (κ2) is 25.9. The normalized spacial score (nSPS) is 23.8. The summed E-state index contributed by atoms with van der Waals surface area (Å²) in [5.74, 6) is -5.99. The van der Waals surface area contributed by atoms with E-state index in [0.717, 1.165) is 77.0 Å². The number of allylic oxidation sites excluding steroid dienone is 4. The summed E-state index contributed by atoms with van der Waals surface area (Å²) in [6.07, 6.45) is 36.2. The van der Waals surface area contributed by atoms with Crippen molar-refractivity contribution in [1.82, 2.24) is 0 Å². The minimum absolute atomic E-state index is 0.000433. The fourth-order valence-electron chi connectivity index (χ4n) is 25.7. The molecule has 0 bridgehead atoms. The molecular formula is C94H110Cl4Si2Zr2. The van der Waals surface area contributed by atoms with Crippen molar-refractivity contribution in [2.45, 2.75) is 210 Å². The average Bonchev–Trinajstić information content (AvgIpc) is 1.02. The van der Waals surface area contributed by atoms with E-state index >= 15 is 0 Å². The number of hydrogen-bond donors (Lipinski definition) is 0. The molecule has 4 saturated carbocycles. The molecule has 4 atom stereocenters. The van der Waals surface area contributed by atoms with Crippen LogP contribution in [0.25, 0.3) is 68.8 Å².